The van der Waals surface area contributed by atoms with E-state index in [0.29, 0.717) is 6.61 Å². The highest BCUT2D eigenvalue weighted by atomic mass is 32.1. The molecular formula is C23H22FNO2S. The second-order valence-corrected chi connectivity index (χ2v) is 8.00. The molecule has 28 heavy (non-hydrogen) atoms. The van der Waals surface area contributed by atoms with Crippen molar-refractivity contribution in [3.8, 4) is 21.6 Å². The number of nitrogens with one attached hydrogen (secondary N) is 1. The fraction of sp³-hybridized carbons (Fsp3) is 0.261. The van der Waals surface area contributed by atoms with E-state index in [2.05, 4.69) is 5.32 Å². The van der Waals surface area contributed by atoms with E-state index in [9.17, 15) is 9.18 Å². The Balaban J connectivity index is 1.56. The molecule has 5 heteroatoms. The zero-order chi connectivity index (χ0) is 19.7. The predicted molar refractivity (Wildman–Crippen MR) is 112 cm³/mol. The van der Waals surface area contributed by atoms with Gasteiger partial charge in [-0.3, -0.25) is 4.79 Å². The summed E-state index contributed by atoms with van der Waals surface area (Å²) in [5, 5.41) is 2.84. The van der Waals surface area contributed by atoms with Crippen molar-refractivity contribution in [2.45, 2.75) is 25.2 Å². The van der Waals surface area contributed by atoms with Crippen molar-refractivity contribution in [2.75, 3.05) is 19.0 Å². The Morgan fingerprint density at radius 3 is 2.18 bits per heavy atom. The molecule has 144 valence electrons. The van der Waals surface area contributed by atoms with Crippen LogP contribution in [0.2, 0.25) is 0 Å². The van der Waals surface area contributed by atoms with Crippen LogP contribution < -0.4 is 5.32 Å². The number of esters is 1. The van der Waals surface area contributed by atoms with Crippen LogP contribution in [0.25, 0.3) is 21.6 Å². The molecule has 0 atom stereocenters. The maximum absolute atomic E-state index is 13.6. The van der Waals surface area contributed by atoms with Crippen LogP contribution in [-0.4, -0.2) is 19.6 Å². The Kier molecular flexibility index (Phi) is 4.94. The minimum absolute atomic E-state index is 0.115. The summed E-state index contributed by atoms with van der Waals surface area (Å²) < 4.78 is 18.8. The monoisotopic (exact) mass is 395 g/mol. The van der Waals surface area contributed by atoms with E-state index in [-0.39, 0.29) is 11.1 Å². The number of benzene rings is 2. The molecular weight excluding hydrogens is 373 g/mol. The van der Waals surface area contributed by atoms with Crippen molar-refractivity contribution in [3.05, 3.63) is 65.3 Å². The van der Waals surface area contributed by atoms with Crippen molar-refractivity contribution in [1.29, 1.82) is 0 Å². The lowest BCUT2D eigenvalue weighted by Gasteiger charge is -2.14. The molecule has 3 aromatic rings. The molecule has 0 radical (unpaired) electrons. The van der Waals surface area contributed by atoms with Crippen LogP contribution in [0.3, 0.4) is 0 Å². The third-order valence-electron chi connectivity index (χ3n) is 5.31. The van der Waals surface area contributed by atoms with Crippen LogP contribution >= 0.6 is 11.3 Å². The van der Waals surface area contributed by atoms with Gasteiger partial charge in [0.05, 0.1) is 22.6 Å². The summed E-state index contributed by atoms with van der Waals surface area (Å²) in [7, 11) is 1.80. The van der Waals surface area contributed by atoms with E-state index in [1.165, 1.54) is 6.07 Å². The van der Waals surface area contributed by atoms with Gasteiger partial charge in [-0.2, -0.15) is 4.39 Å². The average molecular weight is 395 g/mol. The number of rotatable bonds is 6. The van der Waals surface area contributed by atoms with Crippen LogP contribution in [0, 0.1) is 5.13 Å². The molecule has 0 aliphatic heterocycles. The van der Waals surface area contributed by atoms with Gasteiger partial charge in [-0.05, 0) is 42.0 Å². The average Bonchev–Trinajstić information content (AvgIpc) is 3.45. The van der Waals surface area contributed by atoms with Crippen molar-refractivity contribution in [3.63, 3.8) is 0 Å². The molecule has 2 aromatic carbocycles. The fourth-order valence-corrected chi connectivity index (χ4v) is 4.46. The number of ether oxygens (including phenoxy) is 1. The lowest BCUT2D eigenvalue weighted by atomic mass is 9.93. The highest BCUT2D eigenvalue weighted by molar-refractivity contribution is 7.14. The first-order valence-corrected chi connectivity index (χ1v) is 10.2. The molecule has 1 saturated carbocycles. The summed E-state index contributed by atoms with van der Waals surface area (Å²) >= 11 is 1.14. The quantitative estimate of drug-likeness (QED) is 0.532. The van der Waals surface area contributed by atoms with Crippen molar-refractivity contribution in [2.24, 2.45) is 0 Å². The van der Waals surface area contributed by atoms with Crippen LogP contribution in [0.15, 0.2) is 54.6 Å². The second-order valence-electron chi connectivity index (χ2n) is 7.00. The number of thiophene rings is 1. The molecule has 1 aromatic heterocycles. The standard InChI is InChI=1S/C23H22FNO2S/c1-3-27-22(26)23(12-13-23)18-10-8-16(9-11-18)15-4-6-17(7-5-15)21-19(25-2)14-20(24)28-21/h4-11,14,25H,3,12-13H2,1-2H3. The number of halogens is 1. The molecule has 0 bridgehead atoms. The molecule has 0 saturated heterocycles. The minimum atomic E-state index is -0.439. The van der Waals surface area contributed by atoms with E-state index in [4.69, 9.17) is 4.74 Å². The summed E-state index contributed by atoms with van der Waals surface area (Å²) in [5.41, 5.74) is 4.54. The van der Waals surface area contributed by atoms with Gasteiger partial charge in [-0.1, -0.05) is 48.5 Å². The largest absolute Gasteiger partial charge is 0.465 e. The van der Waals surface area contributed by atoms with Crippen molar-refractivity contribution >= 4 is 23.0 Å². The van der Waals surface area contributed by atoms with Gasteiger partial charge in [0.1, 0.15) is 0 Å². The van der Waals surface area contributed by atoms with Crippen molar-refractivity contribution in [1.82, 2.24) is 0 Å². The number of carbonyl (C=O) groups excluding carboxylic acids is 1. The number of carbonyl (C=O) groups is 1. The Bertz CT molecular complexity index is 988. The fourth-order valence-electron chi connectivity index (χ4n) is 3.56. The van der Waals surface area contributed by atoms with Gasteiger partial charge in [0.25, 0.3) is 0 Å². The van der Waals surface area contributed by atoms with E-state index in [1.54, 1.807) is 7.05 Å². The Hall–Kier alpha value is -2.66. The predicted octanol–water partition coefficient (Wildman–Crippen LogP) is 5.86. The van der Waals surface area contributed by atoms with Gasteiger partial charge in [0, 0.05) is 13.1 Å². The van der Waals surface area contributed by atoms with Gasteiger partial charge in [-0.25, -0.2) is 0 Å². The summed E-state index contributed by atoms with van der Waals surface area (Å²) in [6.45, 7) is 2.25. The van der Waals surface area contributed by atoms with Crippen LogP contribution in [-0.2, 0) is 14.9 Å². The summed E-state index contributed by atoms with van der Waals surface area (Å²) in [6.07, 6.45) is 1.70. The molecule has 0 unspecified atom stereocenters. The zero-order valence-corrected chi connectivity index (χ0v) is 16.7. The molecule has 1 fully saturated rings. The number of hydrogen-bond donors (Lipinski definition) is 1. The number of hydrogen-bond acceptors (Lipinski definition) is 4. The molecule has 4 rings (SSSR count). The Morgan fingerprint density at radius 2 is 1.64 bits per heavy atom. The molecule has 0 spiro atoms. The van der Waals surface area contributed by atoms with E-state index >= 15 is 0 Å². The highest BCUT2D eigenvalue weighted by Crippen LogP contribution is 2.49. The van der Waals surface area contributed by atoms with Crippen LogP contribution in [0.5, 0.6) is 0 Å². The first-order valence-electron chi connectivity index (χ1n) is 9.43. The summed E-state index contributed by atoms with van der Waals surface area (Å²) in [4.78, 5) is 13.2. The van der Waals surface area contributed by atoms with E-state index < -0.39 is 5.41 Å². The Labute approximate surface area is 168 Å². The van der Waals surface area contributed by atoms with Crippen molar-refractivity contribution < 1.29 is 13.9 Å². The first kappa shape index (κ1) is 18.7. The SMILES string of the molecule is CCOC(=O)C1(c2ccc(-c3ccc(-c4sc(F)cc4NC)cc3)cc2)CC1. The summed E-state index contributed by atoms with van der Waals surface area (Å²) in [5.74, 6) is -0.115. The lowest BCUT2D eigenvalue weighted by Crippen LogP contribution is -2.23. The van der Waals surface area contributed by atoms with Crippen LogP contribution in [0.1, 0.15) is 25.3 Å². The molecule has 1 aliphatic rings. The second kappa shape index (κ2) is 7.40. The third-order valence-corrected chi connectivity index (χ3v) is 6.28. The first-order chi connectivity index (χ1) is 13.6. The van der Waals surface area contributed by atoms with E-state index in [1.807, 2.05) is 55.5 Å². The normalized spacial score (nSPS) is 14.5. The summed E-state index contributed by atoms with van der Waals surface area (Å²) in [6, 6.07) is 17.8. The molecule has 1 heterocycles. The zero-order valence-electron chi connectivity index (χ0n) is 15.9. The molecule has 0 amide bonds. The molecule has 1 N–H and O–H groups in total. The molecule has 1 aliphatic carbocycles. The van der Waals surface area contributed by atoms with Gasteiger partial charge in [0.2, 0.25) is 0 Å². The smallest absolute Gasteiger partial charge is 0.316 e. The van der Waals surface area contributed by atoms with Gasteiger partial charge < -0.3 is 10.1 Å². The topological polar surface area (TPSA) is 38.3 Å². The van der Waals surface area contributed by atoms with Gasteiger partial charge >= 0.3 is 5.97 Å². The lowest BCUT2D eigenvalue weighted by molar-refractivity contribution is -0.146. The maximum Gasteiger partial charge on any atom is 0.316 e. The minimum Gasteiger partial charge on any atom is -0.465 e. The van der Waals surface area contributed by atoms with E-state index in [0.717, 1.165) is 57.0 Å². The van der Waals surface area contributed by atoms with Gasteiger partial charge in [-0.15, -0.1) is 11.3 Å². The number of anilines is 1. The maximum atomic E-state index is 13.6. The third kappa shape index (κ3) is 3.31. The van der Waals surface area contributed by atoms with Gasteiger partial charge in [0.15, 0.2) is 5.13 Å². The van der Waals surface area contributed by atoms with Crippen LogP contribution in [0.4, 0.5) is 10.1 Å². The highest BCUT2D eigenvalue weighted by Gasteiger charge is 2.52. The Morgan fingerprint density at radius 1 is 1.07 bits per heavy atom. The molecule has 3 nitrogen and oxygen atoms in total.